The van der Waals surface area contributed by atoms with Gasteiger partial charge in [-0.05, 0) is 135 Å². The minimum atomic E-state index is 1.09. The van der Waals surface area contributed by atoms with E-state index in [2.05, 4.69) is 218 Å². The molecule has 7 rings (SSSR count). The first-order chi connectivity index (χ1) is 24.0. The van der Waals surface area contributed by atoms with E-state index in [0.717, 1.165) is 28.4 Å². The Hall–Kier alpha value is -6.06. The van der Waals surface area contributed by atoms with Crippen LogP contribution in [0.3, 0.4) is 0 Å². The molecule has 7 aromatic carbocycles. The van der Waals surface area contributed by atoms with Crippen molar-refractivity contribution < 1.29 is 0 Å². The van der Waals surface area contributed by atoms with Crippen LogP contribution in [0.1, 0.15) is 22.3 Å². The number of aryl methyl sites for hydroxylation is 4. The molecule has 240 valence electrons. The van der Waals surface area contributed by atoms with Crippen molar-refractivity contribution in [2.45, 2.75) is 27.7 Å². The highest BCUT2D eigenvalue weighted by Gasteiger charge is 2.20. The van der Waals surface area contributed by atoms with Gasteiger partial charge in [0.15, 0.2) is 0 Å². The lowest BCUT2D eigenvalue weighted by Gasteiger charge is -2.31. The van der Waals surface area contributed by atoms with Gasteiger partial charge in [0.05, 0.1) is 0 Å². The Labute approximate surface area is 291 Å². The molecule has 0 saturated heterocycles. The molecule has 0 saturated carbocycles. The van der Waals surface area contributed by atoms with Crippen molar-refractivity contribution in [2.24, 2.45) is 0 Å². The molecule has 0 radical (unpaired) electrons. The summed E-state index contributed by atoms with van der Waals surface area (Å²) in [5.74, 6) is 0. The van der Waals surface area contributed by atoms with Crippen LogP contribution in [-0.2, 0) is 0 Å². The zero-order valence-electron chi connectivity index (χ0n) is 28.6. The maximum Gasteiger partial charge on any atom is 0.0490 e. The number of hydrogen-bond acceptors (Lipinski definition) is 3. The van der Waals surface area contributed by atoms with Crippen LogP contribution < -0.4 is 14.7 Å². The van der Waals surface area contributed by atoms with Gasteiger partial charge in [-0.2, -0.15) is 0 Å². The van der Waals surface area contributed by atoms with Gasteiger partial charge in [-0.3, -0.25) is 0 Å². The smallest absolute Gasteiger partial charge is 0.0490 e. The Morgan fingerprint density at radius 3 is 0.735 bits per heavy atom. The van der Waals surface area contributed by atoms with E-state index < -0.39 is 0 Å². The summed E-state index contributed by atoms with van der Waals surface area (Å²) in [6.45, 7) is 8.70. The SMILES string of the molecule is Cc1ccccc1N(c1ccc(N(c2ccccc2)c2ccc(N(c3ccccc3C)c3ccccc3C)cc2)cc1)c1ccccc1C. The van der Waals surface area contributed by atoms with Gasteiger partial charge in [-0.1, -0.05) is 91.0 Å². The van der Waals surface area contributed by atoms with E-state index in [1.54, 1.807) is 0 Å². The van der Waals surface area contributed by atoms with Gasteiger partial charge >= 0.3 is 0 Å². The van der Waals surface area contributed by atoms with Crippen molar-refractivity contribution in [3.05, 3.63) is 198 Å². The van der Waals surface area contributed by atoms with Gasteiger partial charge in [-0.25, -0.2) is 0 Å². The normalized spacial score (nSPS) is 10.9. The van der Waals surface area contributed by atoms with E-state index in [1.165, 1.54) is 45.0 Å². The Bertz CT molecular complexity index is 1940. The van der Waals surface area contributed by atoms with Crippen LogP contribution in [-0.4, -0.2) is 0 Å². The molecular weight excluding hydrogens is 595 g/mol. The van der Waals surface area contributed by atoms with Gasteiger partial charge in [0.25, 0.3) is 0 Å². The third kappa shape index (κ3) is 6.44. The summed E-state index contributed by atoms with van der Waals surface area (Å²) < 4.78 is 0. The van der Waals surface area contributed by atoms with E-state index in [9.17, 15) is 0 Å². The molecule has 3 heteroatoms. The molecule has 0 bridgehead atoms. The minimum Gasteiger partial charge on any atom is -0.311 e. The highest BCUT2D eigenvalue weighted by atomic mass is 15.2. The molecule has 49 heavy (non-hydrogen) atoms. The molecule has 0 spiro atoms. The second-order valence-corrected chi connectivity index (χ2v) is 12.5. The van der Waals surface area contributed by atoms with Crippen molar-refractivity contribution in [2.75, 3.05) is 14.7 Å². The summed E-state index contributed by atoms with van der Waals surface area (Å²) in [4.78, 5) is 7.05. The summed E-state index contributed by atoms with van der Waals surface area (Å²) >= 11 is 0. The molecule has 0 N–H and O–H groups in total. The van der Waals surface area contributed by atoms with E-state index in [0.29, 0.717) is 0 Å². The molecule has 0 aliphatic heterocycles. The lowest BCUT2D eigenvalue weighted by atomic mass is 10.1. The van der Waals surface area contributed by atoms with Crippen molar-refractivity contribution in [3.63, 3.8) is 0 Å². The average molecular weight is 636 g/mol. The predicted molar refractivity (Wildman–Crippen MR) is 209 cm³/mol. The van der Waals surface area contributed by atoms with E-state index in [-0.39, 0.29) is 0 Å². The first kappa shape index (κ1) is 31.5. The summed E-state index contributed by atoms with van der Waals surface area (Å²) in [7, 11) is 0. The van der Waals surface area contributed by atoms with E-state index >= 15 is 0 Å². The molecule has 0 unspecified atom stereocenters. The molecule has 3 nitrogen and oxygen atoms in total. The van der Waals surface area contributed by atoms with Gasteiger partial charge < -0.3 is 14.7 Å². The highest BCUT2D eigenvalue weighted by Crippen LogP contribution is 2.43. The zero-order valence-corrected chi connectivity index (χ0v) is 28.6. The first-order valence-corrected chi connectivity index (χ1v) is 16.9. The standard InChI is InChI=1S/C46H41N3/c1-34-16-8-12-22-43(34)48(44-23-13-9-17-35(44)2)41-30-26-39(27-31-41)47(38-20-6-5-7-21-38)40-28-32-42(33-29-40)49(45-24-14-10-18-36(45)3)46-25-15-11-19-37(46)4/h5-33H,1-4H3. The van der Waals surface area contributed by atoms with Crippen LogP contribution in [0.4, 0.5) is 51.2 Å². The molecular formula is C46H41N3. The molecule has 0 aliphatic carbocycles. The van der Waals surface area contributed by atoms with Crippen LogP contribution in [0, 0.1) is 27.7 Å². The second-order valence-electron chi connectivity index (χ2n) is 12.5. The fourth-order valence-corrected chi connectivity index (χ4v) is 6.60. The van der Waals surface area contributed by atoms with Crippen molar-refractivity contribution in [1.29, 1.82) is 0 Å². The number of benzene rings is 7. The minimum absolute atomic E-state index is 1.09. The molecule has 0 amide bonds. The van der Waals surface area contributed by atoms with E-state index in [4.69, 9.17) is 0 Å². The Morgan fingerprint density at radius 1 is 0.224 bits per heavy atom. The number of rotatable bonds is 9. The fraction of sp³-hybridized carbons (Fsp3) is 0.0870. The summed E-state index contributed by atoms with van der Waals surface area (Å²) in [6, 6.07) is 62.8. The lowest BCUT2D eigenvalue weighted by molar-refractivity contribution is 1.21. The van der Waals surface area contributed by atoms with Gasteiger partial charge in [0, 0.05) is 51.2 Å². The highest BCUT2D eigenvalue weighted by molar-refractivity contribution is 5.85. The molecule has 0 atom stereocenters. The third-order valence-corrected chi connectivity index (χ3v) is 9.17. The summed E-state index contributed by atoms with van der Waals surface area (Å²) in [5.41, 5.74) is 15.1. The largest absolute Gasteiger partial charge is 0.311 e. The number of hydrogen-bond donors (Lipinski definition) is 0. The maximum absolute atomic E-state index is 2.36. The molecule has 0 aromatic heterocycles. The van der Waals surface area contributed by atoms with Crippen LogP contribution in [0.25, 0.3) is 0 Å². The van der Waals surface area contributed by atoms with Gasteiger partial charge in [-0.15, -0.1) is 0 Å². The molecule has 0 aliphatic rings. The zero-order chi connectivity index (χ0) is 33.7. The summed E-state index contributed by atoms with van der Waals surface area (Å²) in [5, 5.41) is 0. The second kappa shape index (κ2) is 14.0. The molecule has 7 aromatic rings. The van der Waals surface area contributed by atoms with Gasteiger partial charge in [0.1, 0.15) is 0 Å². The summed E-state index contributed by atoms with van der Waals surface area (Å²) in [6.07, 6.45) is 0. The quantitative estimate of drug-likeness (QED) is 0.156. The topological polar surface area (TPSA) is 9.72 Å². The fourth-order valence-electron chi connectivity index (χ4n) is 6.60. The van der Waals surface area contributed by atoms with Gasteiger partial charge in [0.2, 0.25) is 0 Å². The third-order valence-electron chi connectivity index (χ3n) is 9.17. The van der Waals surface area contributed by atoms with Crippen LogP contribution in [0.2, 0.25) is 0 Å². The van der Waals surface area contributed by atoms with Crippen molar-refractivity contribution in [1.82, 2.24) is 0 Å². The van der Waals surface area contributed by atoms with Crippen molar-refractivity contribution in [3.8, 4) is 0 Å². The monoisotopic (exact) mass is 635 g/mol. The van der Waals surface area contributed by atoms with Crippen LogP contribution >= 0.6 is 0 Å². The first-order valence-electron chi connectivity index (χ1n) is 16.9. The molecule has 0 heterocycles. The Kier molecular flexibility index (Phi) is 8.99. The lowest BCUT2D eigenvalue weighted by Crippen LogP contribution is -2.14. The molecule has 0 fully saturated rings. The Morgan fingerprint density at radius 2 is 0.449 bits per heavy atom. The van der Waals surface area contributed by atoms with Crippen LogP contribution in [0.15, 0.2) is 176 Å². The van der Waals surface area contributed by atoms with Crippen LogP contribution in [0.5, 0.6) is 0 Å². The number of para-hydroxylation sites is 5. The Balaban J connectivity index is 1.30. The van der Waals surface area contributed by atoms with Crippen molar-refractivity contribution >= 4 is 51.2 Å². The maximum atomic E-state index is 2.36. The number of nitrogens with zero attached hydrogens (tertiary/aromatic N) is 3. The van der Waals surface area contributed by atoms with E-state index in [1.807, 2.05) is 0 Å². The number of anilines is 9. The predicted octanol–water partition coefficient (Wildman–Crippen LogP) is 13.3. The average Bonchev–Trinajstić information content (AvgIpc) is 3.13.